The van der Waals surface area contributed by atoms with Crippen molar-refractivity contribution in [3.05, 3.63) is 97.4 Å². The number of furan rings is 1. The number of aromatic nitrogens is 5. The first-order valence-electron chi connectivity index (χ1n) is 9.92. The molecule has 0 spiro atoms. The average molecular weight is 422 g/mol. The topological polar surface area (TPSA) is 98.8 Å². The van der Waals surface area contributed by atoms with Crippen LogP contribution < -0.4 is 10.1 Å². The second-order valence-electron chi connectivity index (χ2n) is 6.81. The van der Waals surface area contributed by atoms with Gasteiger partial charge in [0, 0.05) is 24.0 Å². The molecule has 0 saturated carbocycles. The highest BCUT2D eigenvalue weighted by molar-refractivity contribution is 5.76. The number of hydrogen-bond donors (Lipinski definition) is 1. The molecule has 5 rings (SSSR count). The van der Waals surface area contributed by atoms with Crippen LogP contribution in [0.15, 0.2) is 96.3 Å². The molecule has 0 atom stereocenters. The number of pyridine rings is 1. The average Bonchev–Trinajstić information content (AvgIpc) is 3.39. The zero-order valence-electron chi connectivity index (χ0n) is 16.9. The summed E-state index contributed by atoms with van der Waals surface area (Å²) in [6.45, 7) is 0.461. The SMILES string of the molecule is c1ccc(COc2ccc(Nc3nccc(-c4cncnc4-c4ccco4)n3)cn2)cc1. The first-order chi connectivity index (χ1) is 15.8. The summed E-state index contributed by atoms with van der Waals surface area (Å²) in [7, 11) is 0. The summed E-state index contributed by atoms with van der Waals surface area (Å²) in [5.41, 5.74) is 3.91. The quantitative estimate of drug-likeness (QED) is 0.395. The van der Waals surface area contributed by atoms with Crippen LogP contribution in [0.2, 0.25) is 0 Å². The summed E-state index contributed by atoms with van der Waals surface area (Å²) in [6, 6.07) is 19.1. The lowest BCUT2D eigenvalue weighted by Crippen LogP contribution is -2.01. The van der Waals surface area contributed by atoms with E-state index in [1.807, 2.05) is 48.5 Å². The molecule has 0 aliphatic carbocycles. The Hall–Kier alpha value is -4.59. The molecule has 32 heavy (non-hydrogen) atoms. The molecule has 0 radical (unpaired) electrons. The predicted octanol–water partition coefficient (Wildman–Crippen LogP) is 4.91. The van der Waals surface area contributed by atoms with Gasteiger partial charge in [-0.05, 0) is 29.8 Å². The van der Waals surface area contributed by atoms with E-state index >= 15 is 0 Å². The lowest BCUT2D eigenvalue weighted by Gasteiger charge is -2.09. The summed E-state index contributed by atoms with van der Waals surface area (Å²) in [5.74, 6) is 1.61. The van der Waals surface area contributed by atoms with E-state index < -0.39 is 0 Å². The molecule has 156 valence electrons. The Morgan fingerprint density at radius 2 is 1.81 bits per heavy atom. The number of anilines is 2. The van der Waals surface area contributed by atoms with E-state index in [-0.39, 0.29) is 0 Å². The van der Waals surface area contributed by atoms with Gasteiger partial charge in [-0.3, -0.25) is 0 Å². The summed E-state index contributed by atoms with van der Waals surface area (Å²) in [6.07, 6.45) is 8.14. The summed E-state index contributed by atoms with van der Waals surface area (Å²) < 4.78 is 11.2. The minimum absolute atomic E-state index is 0.427. The van der Waals surface area contributed by atoms with Gasteiger partial charge in [-0.1, -0.05) is 30.3 Å². The molecule has 0 fully saturated rings. The molecule has 1 aromatic carbocycles. The maximum atomic E-state index is 5.73. The molecule has 8 nitrogen and oxygen atoms in total. The van der Waals surface area contributed by atoms with E-state index in [2.05, 4.69) is 30.2 Å². The van der Waals surface area contributed by atoms with Crippen molar-refractivity contribution in [2.75, 3.05) is 5.32 Å². The first-order valence-corrected chi connectivity index (χ1v) is 9.92. The van der Waals surface area contributed by atoms with Crippen molar-refractivity contribution in [2.45, 2.75) is 6.61 Å². The third-order valence-corrected chi connectivity index (χ3v) is 4.62. The van der Waals surface area contributed by atoms with Crippen molar-refractivity contribution in [3.8, 4) is 28.6 Å². The van der Waals surface area contributed by atoms with E-state index in [1.165, 1.54) is 6.33 Å². The highest BCUT2D eigenvalue weighted by atomic mass is 16.5. The van der Waals surface area contributed by atoms with Gasteiger partial charge in [-0.2, -0.15) is 0 Å². The largest absolute Gasteiger partial charge is 0.473 e. The monoisotopic (exact) mass is 422 g/mol. The molecule has 0 amide bonds. The Bertz CT molecular complexity index is 1290. The molecular weight excluding hydrogens is 404 g/mol. The molecule has 1 N–H and O–H groups in total. The summed E-state index contributed by atoms with van der Waals surface area (Å²) in [4.78, 5) is 21.7. The van der Waals surface area contributed by atoms with Gasteiger partial charge in [0.25, 0.3) is 0 Å². The van der Waals surface area contributed by atoms with Gasteiger partial charge in [0.2, 0.25) is 11.8 Å². The zero-order valence-corrected chi connectivity index (χ0v) is 16.9. The maximum Gasteiger partial charge on any atom is 0.227 e. The van der Waals surface area contributed by atoms with Crippen molar-refractivity contribution < 1.29 is 9.15 Å². The molecule has 8 heteroatoms. The van der Waals surface area contributed by atoms with E-state index in [0.29, 0.717) is 35.6 Å². The molecule has 0 unspecified atom stereocenters. The highest BCUT2D eigenvalue weighted by Crippen LogP contribution is 2.29. The van der Waals surface area contributed by atoms with E-state index in [0.717, 1.165) is 16.8 Å². The Morgan fingerprint density at radius 3 is 2.62 bits per heavy atom. The van der Waals surface area contributed by atoms with Gasteiger partial charge in [-0.15, -0.1) is 0 Å². The number of nitrogens with one attached hydrogen (secondary N) is 1. The first kappa shape index (κ1) is 19.4. The van der Waals surface area contributed by atoms with Crippen molar-refractivity contribution >= 4 is 11.6 Å². The van der Waals surface area contributed by atoms with Gasteiger partial charge >= 0.3 is 0 Å². The summed E-state index contributed by atoms with van der Waals surface area (Å²) in [5, 5.41) is 3.16. The Morgan fingerprint density at radius 1 is 0.875 bits per heavy atom. The Kier molecular flexibility index (Phi) is 5.48. The predicted molar refractivity (Wildman–Crippen MR) is 119 cm³/mol. The fourth-order valence-corrected chi connectivity index (χ4v) is 3.10. The van der Waals surface area contributed by atoms with Crippen LogP contribution in [0.5, 0.6) is 5.88 Å². The van der Waals surface area contributed by atoms with Crippen LogP contribution in [-0.4, -0.2) is 24.9 Å². The fourth-order valence-electron chi connectivity index (χ4n) is 3.10. The molecule has 4 aromatic heterocycles. The highest BCUT2D eigenvalue weighted by Gasteiger charge is 2.13. The number of nitrogens with zero attached hydrogens (tertiary/aromatic N) is 5. The minimum atomic E-state index is 0.427. The molecule has 4 heterocycles. The van der Waals surface area contributed by atoms with Crippen molar-refractivity contribution in [1.82, 2.24) is 24.9 Å². The molecule has 0 bridgehead atoms. The number of hydrogen-bond acceptors (Lipinski definition) is 8. The van der Waals surface area contributed by atoms with E-state index in [9.17, 15) is 0 Å². The van der Waals surface area contributed by atoms with Crippen molar-refractivity contribution in [3.63, 3.8) is 0 Å². The Balaban J connectivity index is 1.31. The number of ether oxygens (including phenoxy) is 1. The zero-order chi connectivity index (χ0) is 21.6. The van der Waals surface area contributed by atoms with Crippen LogP contribution in [0, 0.1) is 0 Å². The second-order valence-corrected chi connectivity index (χ2v) is 6.81. The van der Waals surface area contributed by atoms with Crippen molar-refractivity contribution in [2.24, 2.45) is 0 Å². The molecule has 0 aliphatic heterocycles. The third-order valence-electron chi connectivity index (χ3n) is 4.62. The second kappa shape index (κ2) is 9.05. The van der Waals surface area contributed by atoms with Crippen LogP contribution >= 0.6 is 0 Å². The van der Waals surface area contributed by atoms with E-state index in [4.69, 9.17) is 9.15 Å². The summed E-state index contributed by atoms with van der Waals surface area (Å²) >= 11 is 0. The Labute approximate surface area is 184 Å². The van der Waals surface area contributed by atoms with Gasteiger partial charge in [0.05, 0.1) is 23.8 Å². The minimum Gasteiger partial charge on any atom is -0.473 e. The van der Waals surface area contributed by atoms with Gasteiger partial charge in [-0.25, -0.2) is 24.9 Å². The van der Waals surface area contributed by atoms with Gasteiger partial charge < -0.3 is 14.5 Å². The third kappa shape index (κ3) is 4.44. The van der Waals surface area contributed by atoms with Crippen LogP contribution in [0.3, 0.4) is 0 Å². The van der Waals surface area contributed by atoms with Crippen LogP contribution in [0.1, 0.15) is 5.56 Å². The number of benzene rings is 1. The standard InChI is InChI=1S/C24H18N6O2/c1-2-5-17(6-3-1)15-32-22-9-8-18(13-27-22)29-24-26-11-10-20(30-24)19-14-25-16-28-23(19)21-7-4-12-31-21/h1-14,16H,15H2,(H,26,29,30). The molecule has 0 saturated heterocycles. The van der Waals surface area contributed by atoms with Crippen LogP contribution in [0.25, 0.3) is 22.7 Å². The van der Waals surface area contributed by atoms with Crippen LogP contribution in [0.4, 0.5) is 11.6 Å². The van der Waals surface area contributed by atoms with Crippen molar-refractivity contribution in [1.29, 1.82) is 0 Å². The lowest BCUT2D eigenvalue weighted by atomic mass is 10.1. The lowest BCUT2D eigenvalue weighted by molar-refractivity contribution is 0.294. The fraction of sp³-hybridized carbons (Fsp3) is 0.0417. The van der Waals surface area contributed by atoms with Gasteiger partial charge in [0.15, 0.2) is 5.76 Å². The van der Waals surface area contributed by atoms with E-state index in [1.54, 1.807) is 37.0 Å². The smallest absolute Gasteiger partial charge is 0.227 e. The molecular formula is C24H18N6O2. The van der Waals surface area contributed by atoms with Gasteiger partial charge in [0.1, 0.15) is 18.6 Å². The number of rotatable bonds is 7. The molecule has 5 aromatic rings. The normalized spacial score (nSPS) is 10.6. The molecule has 0 aliphatic rings. The maximum absolute atomic E-state index is 5.73. The van der Waals surface area contributed by atoms with Crippen LogP contribution in [-0.2, 0) is 6.61 Å².